The van der Waals surface area contributed by atoms with Crippen LogP contribution in [0.1, 0.15) is 34.1 Å². The van der Waals surface area contributed by atoms with Gasteiger partial charge in [-0.15, -0.1) is 0 Å². The molecule has 0 amide bonds. The molecular formula is C26H24N2O4S. The normalized spacial score (nSPS) is 15.9. The molecule has 0 aliphatic carbocycles. The van der Waals surface area contributed by atoms with E-state index in [0.29, 0.717) is 17.7 Å². The number of benzene rings is 3. The molecule has 3 aromatic carbocycles. The fourth-order valence-corrected chi connectivity index (χ4v) is 4.78. The Hall–Kier alpha value is -3.29. The number of sulfone groups is 1. The zero-order valence-electron chi connectivity index (χ0n) is 18.5. The minimum atomic E-state index is -3.61. The van der Waals surface area contributed by atoms with Crippen molar-refractivity contribution in [2.45, 2.75) is 37.8 Å². The molecule has 1 aromatic heterocycles. The van der Waals surface area contributed by atoms with Crippen LogP contribution in [-0.4, -0.2) is 24.6 Å². The highest BCUT2D eigenvalue weighted by Gasteiger charge is 2.29. The molecule has 2 heterocycles. The van der Waals surface area contributed by atoms with Crippen LogP contribution in [0.15, 0.2) is 71.9 Å². The van der Waals surface area contributed by atoms with Gasteiger partial charge in [0.2, 0.25) is 20.9 Å². The number of fused-ring (bicyclic) bond motifs is 2. The number of aromatic nitrogens is 2. The summed E-state index contributed by atoms with van der Waals surface area (Å²) in [5.41, 5.74) is 4.56. The Labute approximate surface area is 193 Å². The summed E-state index contributed by atoms with van der Waals surface area (Å²) in [5, 5.41) is 2.08. The fourth-order valence-electron chi connectivity index (χ4n) is 4.26. The van der Waals surface area contributed by atoms with E-state index in [0.717, 1.165) is 28.2 Å². The molecule has 0 bridgehead atoms. The van der Waals surface area contributed by atoms with Crippen molar-refractivity contribution in [3.05, 3.63) is 94.7 Å². The molecular weight excluding hydrogens is 436 g/mol. The molecule has 1 aliphatic heterocycles. The van der Waals surface area contributed by atoms with Crippen molar-refractivity contribution in [3.8, 4) is 5.88 Å². The van der Waals surface area contributed by atoms with Crippen LogP contribution >= 0.6 is 0 Å². The summed E-state index contributed by atoms with van der Waals surface area (Å²) in [6.45, 7) is 2.61. The molecule has 0 saturated heterocycles. The number of hydrogen-bond donors (Lipinski definition) is 0. The maximum Gasteiger partial charge on any atom is 0.250 e. The van der Waals surface area contributed by atoms with Gasteiger partial charge in [-0.2, -0.15) is 4.98 Å². The summed E-state index contributed by atoms with van der Waals surface area (Å²) in [5.74, 6) is 0.261. The van der Waals surface area contributed by atoms with Crippen LogP contribution in [0, 0.1) is 6.92 Å². The van der Waals surface area contributed by atoms with Crippen LogP contribution in [0.5, 0.6) is 5.88 Å². The van der Waals surface area contributed by atoms with E-state index in [9.17, 15) is 8.42 Å². The quantitative estimate of drug-likeness (QED) is 0.401. The minimum absolute atomic E-state index is 0.223. The Morgan fingerprint density at radius 3 is 2.52 bits per heavy atom. The molecule has 6 nitrogen and oxygen atoms in total. The third kappa shape index (κ3) is 4.34. The predicted octanol–water partition coefficient (Wildman–Crippen LogP) is 4.73. The molecule has 7 heteroatoms. The maximum absolute atomic E-state index is 12.3. The first kappa shape index (κ1) is 21.6. The van der Waals surface area contributed by atoms with Crippen molar-refractivity contribution < 1.29 is 17.9 Å². The van der Waals surface area contributed by atoms with Gasteiger partial charge >= 0.3 is 0 Å². The van der Waals surface area contributed by atoms with Gasteiger partial charge in [0, 0.05) is 12.7 Å². The van der Waals surface area contributed by atoms with Crippen LogP contribution in [0.3, 0.4) is 0 Å². The van der Waals surface area contributed by atoms with Gasteiger partial charge in [0.25, 0.3) is 0 Å². The topological polar surface area (TPSA) is 78.4 Å². The van der Waals surface area contributed by atoms with Gasteiger partial charge in [0.1, 0.15) is 6.61 Å². The van der Waals surface area contributed by atoms with Crippen molar-refractivity contribution in [1.29, 1.82) is 0 Å². The Kier molecular flexibility index (Phi) is 5.60. The number of rotatable bonds is 5. The van der Waals surface area contributed by atoms with Crippen molar-refractivity contribution >= 4 is 20.6 Å². The molecule has 5 rings (SSSR count). The molecule has 1 atom stereocenters. The lowest BCUT2D eigenvalue weighted by atomic mass is 9.93. The second kappa shape index (κ2) is 8.57. The van der Waals surface area contributed by atoms with Crippen molar-refractivity contribution in [1.82, 2.24) is 9.97 Å². The minimum Gasteiger partial charge on any atom is -0.472 e. The summed E-state index contributed by atoms with van der Waals surface area (Å²) in [7, 11) is -3.61. The van der Waals surface area contributed by atoms with Crippen LogP contribution < -0.4 is 4.74 Å². The first-order valence-electron chi connectivity index (χ1n) is 10.8. The third-order valence-electron chi connectivity index (χ3n) is 5.88. The van der Waals surface area contributed by atoms with Crippen molar-refractivity contribution in [2.75, 3.05) is 6.26 Å². The monoisotopic (exact) mass is 460 g/mol. The lowest BCUT2D eigenvalue weighted by Crippen LogP contribution is -2.21. The van der Waals surface area contributed by atoms with E-state index in [1.165, 1.54) is 5.56 Å². The zero-order chi connectivity index (χ0) is 23.0. The number of ether oxygens (including phenoxy) is 2. The standard InChI is InChI=1S/C26H24N2O4S/c1-17-8-6-11-19-12-7-13-20(24(17)19)23-14-22-21(16-31-23)25(28-26(27-22)33(2,29)30)32-15-18-9-4-3-5-10-18/h3-13,23H,14-16H2,1-2H3. The Morgan fingerprint density at radius 1 is 1.00 bits per heavy atom. The maximum atomic E-state index is 12.3. The Morgan fingerprint density at radius 2 is 1.76 bits per heavy atom. The summed E-state index contributed by atoms with van der Waals surface area (Å²) in [4.78, 5) is 8.65. The second-order valence-electron chi connectivity index (χ2n) is 8.31. The van der Waals surface area contributed by atoms with Gasteiger partial charge in [0.15, 0.2) is 0 Å². The van der Waals surface area contributed by atoms with Gasteiger partial charge in [-0.1, -0.05) is 66.7 Å². The van der Waals surface area contributed by atoms with Crippen LogP contribution in [0.4, 0.5) is 0 Å². The fraction of sp³-hybridized carbons (Fsp3) is 0.231. The average Bonchev–Trinajstić information content (AvgIpc) is 2.82. The molecule has 0 spiro atoms. The lowest BCUT2D eigenvalue weighted by molar-refractivity contribution is 0.0240. The van der Waals surface area contributed by atoms with E-state index >= 15 is 0 Å². The Balaban J connectivity index is 1.53. The first-order valence-corrected chi connectivity index (χ1v) is 12.7. The molecule has 1 aliphatic rings. The number of hydrogen-bond acceptors (Lipinski definition) is 6. The van der Waals surface area contributed by atoms with Crippen LogP contribution in [0.2, 0.25) is 0 Å². The second-order valence-corrected chi connectivity index (χ2v) is 10.2. The SMILES string of the molecule is Cc1cccc2cccc(C3Cc4nc(S(C)(=O)=O)nc(OCc5ccccc5)c4CO3)c12. The van der Waals surface area contributed by atoms with Gasteiger partial charge < -0.3 is 9.47 Å². The largest absolute Gasteiger partial charge is 0.472 e. The van der Waals surface area contributed by atoms with Gasteiger partial charge in [0.05, 0.1) is 24.0 Å². The lowest BCUT2D eigenvalue weighted by Gasteiger charge is -2.27. The Bertz CT molecular complexity index is 1430. The van der Waals surface area contributed by atoms with Gasteiger partial charge in [-0.05, 0) is 34.4 Å². The van der Waals surface area contributed by atoms with E-state index in [4.69, 9.17) is 9.47 Å². The summed E-state index contributed by atoms with van der Waals surface area (Å²) >= 11 is 0. The average molecular weight is 461 g/mol. The molecule has 1 unspecified atom stereocenters. The van der Waals surface area contributed by atoms with Gasteiger partial charge in [-0.25, -0.2) is 13.4 Å². The smallest absolute Gasteiger partial charge is 0.250 e. The first-order chi connectivity index (χ1) is 15.9. The molecule has 0 fully saturated rings. The zero-order valence-corrected chi connectivity index (χ0v) is 19.3. The van der Waals surface area contributed by atoms with E-state index in [-0.39, 0.29) is 30.4 Å². The van der Waals surface area contributed by atoms with E-state index < -0.39 is 9.84 Å². The predicted molar refractivity (Wildman–Crippen MR) is 126 cm³/mol. The van der Waals surface area contributed by atoms with E-state index in [1.807, 2.05) is 42.5 Å². The van der Waals surface area contributed by atoms with E-state index in [2.05, 4.69) is 41.2 Å². The van der Waals surface area contributed by atoms with Crippen LogP contribution in [-0.2, 0) is 34.2 Å². The van der Waals surface area contributed by atoms with Crippen LogP contribution in [0.25, 0.3) is 10.8 Å². The highest BCUT2D eigenvalue weighted by Crippen LogP contribution is 2.37. The summed E-state index contributed by atoms with van der Waals surface area (Å²) in [6, 6.07) is 22.1. The van der Waals surface area contributed by atoms with Crippen molar-refractivity contribution in [2.24, 2.45) is 0 Å². The third-order valence-corrected chi connectivity index (χ3v) is 6.73. The molecule has 0 saturated carbocycles. The molecule has 0 N–H and O–H groups in total. The van der Waals surface area contributed by atoms with Gasteiger partial charge in [-0.3, -0.25) is 0 Å². The highest BCUT2D eigenvalue weighted by atomic mass is 32.2. The number of aryl methyl sites for hydroxylation is 1. The summed E-state index contributed by atoms with van der Waals surface area (Å²) < 4.78 is 36.8. The molecule has 4 aromatic rings. The number of nitrogens with zero attached hydrogens (tertiary/aromatic N) is 2. The summed E-state index contributed by atoms with van der Waals surface area (Å²) in [6.07, 6.45) is 1.31. The van der Waals surface area contributed by atoms with Crippen molar-refractivity contribution in [3.63, 3.8) is 0 Å². The van der Waals surface area contributed by atoms with E-state index in [1.54, 1.807) is 0 Å². The molecule has 168 valence electrons. The molecule has 33 heavy (non-hydrogen) atoms. The highest BCUT2D eigenvalue weighted by molar-refractivity contribution is 7.90. The molecule has 0 radical (unpaired) electrons.